The Morgan fingerprint density at radius 1 is 0.857 bits per heavy atom. The number of hydrogen-bond donors (Lipinski definition) is 3. The van der Waals surface area contributed by atoms with Gasteiger partial charge in [-0.1, -0.05) is 23.8 Å². The van der Waals surface area contributed by atoms with Crippen molar-refractivity contribution in [3.8, 4) is 0 Å². The number of aryl methyl sites for hydroxylation is 2. The fourth-order valence-electron chi connectivity index (χ4n) is 2.83. The first-order chi connectivity index (χ1) is 13.4. The molecule has 142 valence electrons. The molecule has 1 heterocycles. The molecule has 3 rings (SSSR count). The van der Waals surface area contributed by atoms with E-state index >= 15 is 0 Å². The highest BCUT2D eigenvalue weighted by Crippen LogP contribution is 2.21. The number of pyridine rings is 1. The van der Waals surface area contributed by atoms with Crippen molar-refractivity contribution in [2.24, 2.45) is 0 Å². The minimum atomic E-state index is -0.227. The number of carbonyl (C=O) groups excluding carboxylic acids is 2. The maximum Gasteiger partial charge on any atom is 0.257 e. The number of hydrogen-bond acceptors (Lipinski definition) is 4. The summed E-state index contributed by atoms with van der Waals surface area (Å²) in [5.74, 6) is -0.362. The lowest BCUT2D eigenvalue weighted by atomic mass is 10.1. The third-order valence-electron chi connectivity index (χ3n) is 4.10. The molecule has 1 aromatic heterocycles. The van der Waals surface area contributed by atoms with Crippen LogP contribution in [0.3, 0.4) is 0 Å². The van der Waals surface area contributed by atoms with Gasteiger partial charge in [0.05, 0.1) is 17.4 Å². The zero-order valence-corrected chi connectivity index (χ0v) is 16.0. The Balaban J connectivity index is 1.75. The third kappa shape index (κ3) is 4.94. The van der Waals surface area contributed by atoms with Crippen molar-refractivity contribution in [2.45, 2.75) is 20.8 Å². The fraction of sp³-hybridized carbons (Fsp3) is 0.136. The molecule has 2 aromatic carbocycles. The van der Waals surface area contributed by atoms with Gasteiger partial charge >= 0.3 is 0 Å². The zero-order valence-electron chi connectivity index (χ0n) is 16.0. The van der Waals surface area contributed by atoms with Crippen LogP contribution in [0.4, 0.5) is 22.7 Å². The minimum Gasteiger partial charge on any atom is -0.354 e. The Kier molecular flexibility index (Phi) is 5.69. The SMILES string of the molecule is CC(=O)Nc1cccc(Nc2cncc(C(=O)Nc3ccc(C)cc3C)c2)c1. The van der Waals surface area contributed by atoms with Crippen LogP contribution in [-0.2, 0) is 4.79 Å². The van der Waals surface area contributed by atoms with Crippen LogP contribution in [0.15, 0.2) is 60.9 Å². The van der Waals surface area contributed by atoms with Gasteiger partial charge in [-0.2, -0.15) is 0 Å². The molecular weight excluding hydrogens is 352 g/mol. The molecule has 2 amide bonds. The van der Waals surface area contributed by atoms with Crippen LogP contribution in [0.1, 0.15) is 28.4 Å². The molecule has 0 saturated carbocycles. The summed E-state index contributed by atoms with van der Waals surface area (Å²) >= 11 is 0. The van der Waals surface area contributed by atoms with Crippen LogP contribution in [0, 0.1) is 13.8 Å². The van der Waals surface area contributed by atoms with E-state index in [0.29, 0.717) is 16.9 Å². The monoisotopic (exact) mass is 374 g/mol. The van der Waals surface area contributed by atoms with E-state index in [4.69, 9.17) is 0 Å². The standard InChI is InChI=1S/C22H22N4O2/c1-14-7-8-21(15(2)9-14)26-22(28)17-10-20(13-23-12-17)25-19-6-4-5-18(11-19)24-16(3)27/h4-13,25H,1-3H3,(H,24,27)(H,26,28). The van der Waals surface area contributed by atoms with Gasteiger partial charge in [0.2, 0.25) is 5.91 Å². The van der Waals surface area contributed by atoms with Gasteiger partial charge in [0.1, 0.15) is 0 Å². The van der Waals surface area contributed by atoms with Gasteiger partial charge in [0.15, 0.2) is 0 Å². The highest BCUT2D eigenvalue weighted by molar-refractivity contribution is 6.05. The van der Waals surface area contributed by atoms with Crippen molar-refractivity contribution in [2.75, 3.05) is 16.0 Å². The van der Waals surface area contributed by atoms with E-state index in [2.05, 4.69) is 20.9 Å². The molecule has 6 nitrogen and oxygen atoms in total. The lowest BCUT2D eigenvalue weighted by Crippen LogP contribution is -2.13. The molecular formula is C22H22N4O2. The molecule has 0 fully saturated rings. The molecule has 0 radical (unpaired) electrons. The second-order valence-corrected chi connectivity index (χ2v) is 6.62. The van der Waals surface area contributed by atoms with Gasteiger partial charge in [0, 0.05) is 30.2 Å². The highest BCUT2D eigenvalue weighted by Gasteiger charge is 2.09. The molecule has 0 unspecified atom stereocenters. The number of amides is 2. The van der Waals surface area contributed by atoms with Crippen molar-refractivity contribution in [1.29, 1.82) is 0 Å². The molecule has 0 aliphatic rings. The number of carbonyl (C=O) groups is 2. The first kappa shape index (κ1) is 19.1. The molecule has 0 atom stereocenters. The average Bonchev–Trinajstić information content (AvgIpc) is 2.64. The Labute approximate surface area is 164 Å². The maximum absolute atomic E-state index is 12.6. The number of benzene rings is 2. The molecule has 0 aliphatic carbocycles. The molecule has 3 N–H and O–H groups in total. The van der Waals surface area contributed by atoms with E-state index in [0.717, 1.165) is 22.5 Å². The number of nitrogens with zero attached hydrogens (tertiary/aromatic N) is 1. The largest absolute Gasteiger partial charge is 0.354 e. The summed E-state index contributed by atoms with van der Waals surface area (Å²) in [6.45, 7) is 5.43. The Hall–Kier alpha value is -3.67. The van der Waals surface area contributed by atoms with E-state index in [1.165, 1.54) is 13.1 Å². The number of nitrogens with one attached hydrogen (secondary N) is 3. The van der Waals surface area contributed by atoms with Crippen LogP contribution >= 0.6 is 0 Å². The van der Waals surface area contributed by atoms with E-state index in [-0.39, 0.29) is 11.8 Å². The lowest BCUT2D eigenvalue weighted by molar-refractivity contribution is -0.114. The summed E-state index contributed by atoms with van der Waals surface area (Å²) in [5.41, 5.74) is 5.51. The summed E-state index contributed by atoms with van der Waals surface area (Å²) in [6.07, 6.45) is 3.16. The summed E-state index contributed by atoms with van der Waals surface area (Å²) in [6, 6.07) is 14.9. The molecule has 6 heteroatoms. The van der Waals surface area contributed by atoms with E-state index < -0.39 is 0 Å². The minimum absolute atomic E-state index is 0.135. The fourth-order valence-corrected chi connectivity index (χ4v) is 2.83. The summed E-state index contributed by atoms with van der Waals surface area (Å²) in [4.78, 5) is 28.0. The molecule has 0 aliphatic heterocycles. The van der Waals surface area contributed by atoms with Gasteiger partial charge < -0.3 is 16.0 Å². The third-order valence-corrected chi connectivity index (χ3v) is 4.10. The topological polar surface area (TPSA) is 83.1 Å². The molecule has 0 bridgehead atoms. The Morgan fingerprint density at radius 2 is 1.64 bits per heavy atom. The smallest absolute Gasteiger partial charge is 0.257 e. The van der Waals surface area contributed by atoms with Crippen LogP contribution in [0.2, 0.25) is 0 Å². The number of aromatic nitrogens is 1. The summed E-state index contributed by atoms with van der Waals surface area (Å²) in [7, 11) is 0. The van der Waals surface area contributed by atoms with Crippen LogP contribution in [-0.4, -0.2) is 16.8 Å². The number of anilines is 4. The van der Waals surface area contributed by atoms with Crippen molar-refractivity contribution in [3.05, 3.63) is 77.6 Å². The Morgan fingerprint density at radius 3 is 2.39 bits per heavy atom. The van der Waals surface area contributed by atoms with Crippen molar-refractivity contribution in [3.63, 3.8) is 0 Å². The number of rotatable bonds is 5. The van der Waals surface area contributed by atoms with Gasteiger partial charge in [-0.15, -0.1) is 0 Å². The molecule has 28 heavy (non-hydrogen) atoms. The van der Waals surface area contributed by atoms with E-state index in [1.54, 1.807) is 18.3 Å². The highest BCUT2D eigenvalue weighted by atomic mass is 16.2. The van der Waals surface area contributed by atoms with Crippen molar-refractivity contribution in [1.82, 2.24) is 4.98 Å². The van der Waals surface area contributed by atoms with E-state index in [1.807, 2.05) is 50.2 Å². The van der Waals surface area contributed by atoms with Gasteiger partial charge in [-0.05, 0) is 49.7 Å². The summed E-state index contributed by atoms with van der Waals surface area (Å²) in [5, 5.41) is 8.86. The maximum atomic E-state index is 12.6. The van der Waals surface area contributed by atoms with Crippen LogP contribution in [0.5, 0.6) is 0 Å². The normalized spacial score (nSPS) is 10.2. The van der Waals surface area contributed by atoms with Gasteiger partial charge in [0.25, 0.3) is 5.91 Å². The first-order valence-corrected chi connectivity index (χ1v) is 8.89. The Bertz CT molecular complexity index is 1030. The predicted octanol–water partition coefficient (Wildman–Crippen LogP) is 4.65. The first-order valence-electron chi connectivity index (χ1n) is 8.89. The second-order valence-electron chi connectivity index (χ2n) is 6.62. The van der Waals surface area contributed by atoms with Crippen molar-refractivity contribution < 1.29 is 9.59 Å². The average molecular weight is 374 g/mol. The lowest BCUT2D eigenvalue weighted by Gasteiger charge is -2.11. The van der Waals surface area contributed by atoms with Crippen molar-refractivity contribution >= 4 is 34.6 Å². The summed E-state index contributed by atoms with van der Waals surface area (Å²) < 4.78 is 0. The predicted molar refractivity (Wildman–Crippen MR) is 112 cm³/mol. The van der Waals surface area contributed by atoms with Crippen LogP contribution in [0.25, 0.3) is 0 Å². The van der Waals surface area contributed by atoms with Gasteiger partial charge in [-0.25, -0.2) is 0 Å². The quantitative estimate of drug-likeness (QED) is 0.607. The zero-order chi connectivity index (χ0) is 20.1. The molecule has 3 aromatic rings. The second kappa shape index (κ2) is 8.35. The van der Waals surface area contributed by atoms with Crippen LogP contribution < -0.4 is 16.0 Å². The van der Waals surface area contributed by atoms with E-state index in [9.17, 15) is 9.59 Å². The van der Waals surface area contributed by atoms with Gasteiger partial charge in [-0.3, -0.25) is 14.6 Å². The molecule has 0 spiro atoms. The molecule has 0 saturated heterocycles.